The maximum atomic E-state index is 6.01. The van der Waals surface area contributed by atoms with Crippen molar-refractivity contribution in [1.82, 2.24) is 5.32 Å². The third-order valence-electron chi connectivity index (χ3n) is 3.18. The number of hydrogen-bond donors (Lipinski definition) is 1. The maximum absolute atomic E-state index is 6.01. The highest BCUT2D eigenvalue weighted by atomic mass is 35.5. The molecule has 1 heterocycles. The molecule has 1 aromatic carbocycles. The largest absolute Gasteiger partial charge is 0.380 e. The summed E-state index contributed by atoms with van der Waals surface area (Å²) in [5.41, 5.74) is 1.44. The average molecular weight is 274 g/mol. The summed E-state index contributed by atoms with van der Waals surface area (Å²) >= 11 is 11.9. The lowest BCUT2D eigenvalue weighted by Crippen LogP contribution is -2.47. The normalized spacial score (nSPS) is 19.8. The monoisotopic (exact) mass is 273 g/mol. The van der Waals surface area contributed by atoms with Gasteiger partial charge in [-0.25, -0.2) is 0 Å². The second kappa shape index (κ2) is 5.15. The van der Waals surface area contributed by atoms with Crippen molar-refractivity contribution in [3.8, 4) is 0 Å². The third kappa shape index (κ3) is 3.14. The molecule has 2 rings (SSSR count). The summed E-state index contributed by atoms with van der Waals surface area (Å²) < 4.78 is 5.23. The second-order valence-corrected chi connectivity index (χ2v) is 5.89. The van der Waals surface area contributed by atoms with Gasteiger partial charge in [0.05, 0.1) is 23.3 Å². The van der Waals surface area contributed by atoms with E-state index < -0.39 is 0 Å². The van der Waals surface area contributed by atoms with Crippen LogP contribution < -0.4 is 5.32 Å². The van der Waals surface area contributed by atoms with Crippen molar-refractivity contribution < 1.29 is 4.74 Å². The lowest BCUT2D eigenvalue weighted by atomic mass is 9.88. The quantitative estimate of drug-likeness (QED) is 0.904. The number of nitrogens with one attached hydrogen (secondary N) is 1. The predicted molar refractivity (Wildman–Crippen MR) is 71.8 cm³/mol. The number of hydrogen-bond acceptors (Lipinski definition) is 2. The van der Waals surface area contributed by atoms with Crippen LogP contribution >= 0.6 is 23.2 Å². The van der Waals surface area contributed by atoms with Crippen LogP contribution in [0.3, 0.4) is 0 Å². The van der Waals surface area contributed by atoms with Crippen molar-refractivity contribution in [3.63, 3.8) is 0 Å². The van der Waals surface area contributed by atoms with Crippen molar-refractivity contribution in [2.75, 3.05) is 19.8 Å². The zero-order valence-electron chi connectivity index (χ0n) is 10.1. The van der Waals surface area contributed by atoms with Gasteiger partial charge in [0.2, 0.25) is 0 Å². The van der Waals surface area contributed by atoms with Crippen LogP contribution in [0, 0.1) is 5.41 Å². The first kappa shape index (κ1) is 13.2. The predicted octanol–water partition coefficient (Wildman–Crippen LogP) is 3.68. The van der Waals surface area contributed by atoms with E-state index >= 15 is 0 Å². The molecule has 1 atom stereocenters. The van der Waals surface area contributed by atoms with Gasteiger partial charge in [-0.2, -0.15) is 0 Å². The van der Waals surface area contributed by atoms with Crippen molar-refractivity contribution in [1.29, 1.82) is 0 Å². The Balaban J connectivity index is 1.94. The molecule has 17 heavy (non-hydrogen) atoms. The summed E-state index contributed by atoms with van der Waals surface area (Å²) in [5, 5.41) is 4.71. The van der Waals surface area contributed by atoms with Crippen molar-refractivity contribution in [2.24, 2.45) is 5.41 Å². The topological polar surface area (TPSA) is 21.3 Å². The minimum Gasteiger partial charge on any atom is -0.380 e. The molecular formula is C13H17Cl2NO. The van der Waals surface area contributed by atoms with Gasteiger partial charge in [-0.05, 0) is 24.6 Å². The van der Waals surface area contributed by atoms with E-state index in [0.29, 0.717) is 10.0 Å². The lowest BCUT2D eigenvalue weighted by Gasteiger charge is -2.39. The zero-order chi connectivity index (χ0) is 12.5. The molecule has 1 N–H and O–H groups in total. The summed E-state index contributed by atoms with van der Waals surface area (Å²) in [5.74, 6) is 0. The van der Waals surface area contributed by atoms with E-state index in [9.17, 15) is 0 Å². The number of benzene rings is 1. The average Bonchev–Trinajstić information content (AvgIpc) is 2.27. The second-order valence-electron chi connectivity index (χ2n) is 5.08. The molecule has 0 bridgehead atoms. The molecule has 1 aliphatic heterocycles. The molecule has 1 aliphatic rings. The van der Waals surface area contributed by atoms with Gasteiger partial charge in [0.25, 0.3) is 0 Å². The Morgan fingerprint density at radius 3 is 2.59 bits per heavy atom. The first-order valence-corrected chi connectivity index (χ1v) is 6.52. The summed E-state index contributed by atoms with van der Waals surface area (Å²) in [6.45, 7) is 6.99. The summed E-state index contributed by atoms with van der Waals surface area (Å²) in [7, 11) is 0. The van der Waals surface area contributed by atoms with Crippen LogP contribution in [-0.2, 0) is 4.74 Å². The van der Waals surface area contributed by atoms with Crippen LogP contribution in [0.1, 0.15) is 25.5 Å². The Labute approximate surface area is 112 Å². The molecular weight excluding hydrogens is 257 g/mol. The van der Waals surface area contributed by atoms with Gasteiger partial charge in [0.15, 0.2) is 0 Å². The number of halogens is 2. The molecule has 0 amide bonds. The Hall–Kier alpha value is -0.280. The molecule has 0 aromatic heterocycles. The molecule has 0 saturated carbocycles. The van der Waals surface area contributed by atoms with Gasteiger partial charge in [0, 0.05) is 18.0 Å². The first-order valence-electron chi connectivity index (χ1n) is 5.76. The Morgan fingerprint density at radius 2 is 2.06 bits per heavy atom. The van der Waals surface area contributed by atoms with E-state index in [2.05, 4.69) is 19.2 Å². The fraction of sp³-hybridized carbons (Fsp3) is 0.538. The van der Waals surface area contributed by atoms with Crippen LogP contribution in [0.25, 0.3) is 0 Å². The fourth-order valence-electron chi connectivity index (χ4n) is 1.85. The molecule has 94 valence electrons. The Bertz CT molecular complexity index is 404. The molecule has 2 nitrogen and oxygen atoms in total. The SMILES string of the molecule is CC(NCC1(C)COC1)c1ccc(Cl)c(Cl)c1. The highest BCUT2D eigenvalue weighted by Gasteiger charge is 2.33. The maximum Gasteiger partial charge on any atom is 0.0595 e. The minimum atomic E-state index is 0.266. The van der Waals surface area contributed by atoms with Crippen molar-refractivity contribution >= 4 is 23.2 Å². The van der Waals surface area contributed by atoms with Crippen molar-refractivity contribution in [3.05, 3.63) is 33.8 Å². The fourth-order valence-corrected chi connectivity index (χ4v) is 2.16. The summed E-state index contributed by atoms with van der Waals surface area (Å²) in [6.07, 6.45) is 0. The third-order valence-corrected chi connectivity index (χ3v) is 3.92. The first-order chi connectivity index (χ1) is 8.00. The van der Waals surface area contributed by atoms with Crippen LogP contribution in [-0.4, -0.2) is 19.8 Å². The lowest BCUT2D eigenvalue weighted by molar-refractivity contribution is -0.0999. The van der Waals surface area contributed by atoms with E-state index in [4.69, 9.17) is 27.9 Å². The van der Waals surface area contributed by atoms with Gasteiger partial charge in [-0.1, -0.05) is 36.2 Å². The molecule has 1 aromatic rings. The summed E-state index contributed by atoms with van der Waals surface area (Å²) in [4.78, 5) is 0. The van der Waals surface area contributed by atoms with Gasteiger partial charge in [-0.15, -0.1) is 0 Å². The smallest absolute Gasteiger partial charge is 0.0595 e. The van der Waals surface area contributed by atoms with E-state index in [-0.39, 0.29) is 11.5 Å². The Morgan fingerprint density at radius 1 is 1.35 bits per heavy atom. The minimum absolute atomic E-state index is 0.266. The Kier molecular flexibility index (Phi) is 3.99. The van der Waals surface area contributed by atoms with Gasteiger partial charge in [0.1, 0.15) is 0 Å². The van der Waals surface area contributed by atoms with Gasteiger partial charge in [-0.3, -0.25) is 0 Å². The van der Waals surface area contributed by atoms with Gasteiger partial charge < -0.3 is 10.1 Å². The highest BCUT2D eigenvalue weighted by molar-refractivity contribution is 6.42. The number of ether oxygens (including phenoxy) is 1. The highest BCUT2D eigenvalue weighted by Crippen LogP contribution is 2.28. The van der Waals surface area contributed by atoms with Crippen LogP contribution in [0.4, 0.5) is 0 Å². The summed E-state index contributed by atoms with van der Waals surface area (Å²) in [6, 6.07) is 6.03. The van der Waals surface area contributed by atoms with E-state index in [1.54, 1.807) is 0 Å². The van der Waals surface area contributed by atoms with Gasteiger partial charge >= 0.3 is 0 Å². The standard InChI is InChI=1S/C13H17Cl2NO/c1-9(16-6-13(2)7-17-8-13)10-3-4-11(14)12(15)5-10/h3-5,9,16H,6-8H2,1-2H3. The zero-order valence-corrected chi connectivity index (χ0v) is 11.6. The molecule has 4 heteroatoms. The molecule has 1 saturated heterocycles. The van der Waals surface area contributed by atoms with E-state index in [1.165, 1.54) is 0 Å². The molecule has 0 spiro atoms. The van der Waals surface area contributed by atoms with Crippen LogP contribution in [0.2, 0.25) is 10.0 Å². The molecule has 0 aliphatic carbocycles. The molecule has 1 unspecified atom stereocenters. The number of rotatable bonds is 4. The van der Waals surface area contributed by atoms with E-state index in [0.717, 1.165) is 25.3 Å². The van der Waals surface area contributed by atoms with Crippen LogP contribution in [0.15, 0.2) is 18.2 Å². The van der Waals surface area contributed by atoms with Crippen molar-refractivity contribution in [2.45, 2.75) is 19.9 Å². The van der Waals surface area contributed by atoms with Crippen LogP contribution in [0.5, 0.6) is 0 Å². The van der Waals surface area contributed by atoms with E-state index in [1.807, 2.05) is 18.2 Å². The molecule has 0 radical (unpaired) electrons. The molecule has 1 fully saturated rings.